The van der Waals surface area contributed by atoms with E-state index in [1.807, 2.05) is 6.07 Å². The van der Waals surface area contributed by atoms with Crippen LogP contribution in [0.3, 0.4) is 0 Å². The Morgan fingerprint density at radius 2 is 2.33 bits per heavy atom. The highest BCUT2D eigenvalue weighted by Gasteiger charge is 1.96. The first-order valence-corrected chi connectivity index (χ1v) is 7.43. The molecular formula is C10H5IN2OS. The van der Waals surface area contributed by atoms with Crippen LogP contribution >= 0.6 is 30.1 Å². The molecule has 0 radical (unpaired) electrons. The fourth-order valence-corrected chi connectivity index (χ4v) is 1.67. The van der Waals surface area contributed by atoms with Gasteiger partial charge in [-0.05, 0) is 26.3 Å². The molecular weight excluding hydrogens is 323 g/mol. The lowest BCUT2D eigenvalue weighted by atomic mass is 10.2. The first-order valence-electron chi connectivity index (χ1n) is 4.07. The van der Waals surface area contributed by atoms with Gasteiger partial charge in [0.1, 0.15) is 5.65 Å². The van der Waals surface area contributed by atoms with E-state index in [0.717, 1.165) is 10.9 Å². The molecule has 0 aromatic carbocycles. The summed E-state index contributed by atoms with van der Waals surface area (Å²) in [5, 5.41) is 3.77. The monoisotopic (exact) mass is 328 g/mol. The van der Waals surface area contributed by atoms with E-state index in [2.05, 4.69) is 42.3 Å². The molecule has 3 nitrogen and oxygen atoms in total. The zero-order chi connectivity index (χ0) is 10.7. The Hall–Kier alpha value is -1.00. The second-order valence-corrected chi connectivity index (χ2v) is 4.47. The molecule has 0 aliphatic rings. The number of nitrogens with zero attached hydrogens (tertiary/aromatic N) is 1. The van der Waals surface area contributed by atoms with Gasteiger partial charge in [-0.1, -0.05) is 5.92 Å². The van der Waals surface area contributed by atoms with Gasteiger partial charge in [0, 0.05) is 44.4 Å². The number of fused-ring (bicyclic) bond motifs is 1. The molecule has 15 heavy (non-hydrogen) atoms. The Balaban J connectivity index is 2.57. The van der Waals surface area contributed by atoms with E-state index in [1.54, 1.807) is 12.3 Å². The average Bonchev–Trinajstić information content (AvgIpc) is 2.26. The Morgan fingerprint density at radius 1 is 1.47 bits per heavy atom. The molecule has 2 aromatic heterocycles. The molecule has 1 N–H and O–H groups in total. The lowest BCUT2D eigenvalue weighted by molar-refractivity contribution is 1.23. The molecule has 0 unspecified atom stereocenters. The maximum absolute atomic E-state index is 11.0. The lowest BCUT2D eigenvalue weighted by Gasteiger charge is -1.95. The van der Waals surface area contributed by atoms with Crippen molar-refractivity contribution in [3.8, 4) is 11.2 Å². The van der Waals surface area contributed by atoms with Crippen LogP contribution in [0.2, 0.25) is 0 Å². The van der Waals surface area contributed by atoms with Crippen molar-refractivity contribution >= 4 is 41.2 Å². The zero-order valence-electron chi connectivity index (χ0n) is 7.45. The molecule has 2 rings (SSSR count). The molecule has 2 aromatic rings. The molecule has 0 fully saturated rings. The normalized spacial score (nSPS) is 9.67. The summed E-state index contributed by atoms with van der Waals surface area (Å²) >= 11 is 2.11. The van der Waals surface area contributed by atoms with Crippen molar-refractivity contribution in [1.29, 1.82) is 0 Å². The average molecular weight is 328 g/mol. The minimum absolute atomic E-state index is 0.142. The quantitative estimate of drug-likeness (QED) is 0.596. The highest BCUT2D eigenvalue weighted by atomic mass is 127. The van der Waals surface area contributed by atoms with E-state index in [4.69, 9.17) is 0 Å². The summed E-state index contributed by atoms with van der Waals surface area (Å²) in [4.78, 5) is 17.8. The predicted molar refractivity (Wildman–Crippen MR) is 70.9 cm³/mol. The minimum Gasteiger partial charge on any atom is -0.307 e. The van der Waals surface area contributed by atoms with Crippen LogP contribution in [0.4, 0.5) is 0 Å². The van der Waals surface area contributed by atoms with E-state index in [1.165, 1.54) is 15.0 Å². The van der Waals surface area contributed by atoms with Crippen molar-refractivity contribution in [3.63, 3.8) is 0 Å². The van der Waals surface area contributed by atoms with Crippen LogP contribution < -0.4 is 5.56 Å². The number of hydrogen-bond donors (Lipinski definition) is 1. The van der Waals surface area contributed by atoms with Gasteiger partial charge in [-0.2, -0.15) is 0 Å². The van der Waals surface area contributed by atoms with Gasteiger partial charge >= 0.3 is 0 Å². The van der Waals surface area contributed by atoms with Crippen molar-refractivity contribution in [2.45, 2.75) is 0 Å². The van der Waals surface area contributed by atoms with Crippen LogP contribution in [0.1, 0.15) is 5.56 Å². The fraction of sp³-hybridized carbons (Fsp3) is 0. The van der Waals surface area contributed by atoms with Crippen molar-refractivity contribution < 1.29 is 0 Å². The van der Waals surface area contributed by atoms with Gasteiger partial charge < -0.3 is 4.98 Å². The van der Waals surface area contributed by atoms with Gasteiger partial charge in [-0.15, -0.1) is 0 Å². The van der Waals surface area contributed by atoms with Crippen molar-refractivity contribution in [1.82, 2.24) is 9.97 Å². The predicted octanol–water partition coefficient (Wildman–Crippen LogP) is 2.32. The molecule has 0 aliphatic carbocycles. The fourth-order valence-electron chi connectivity index (χ4n) is 1.18. The first kappa shape index (κ1) is 10.5. The minimum atomic E-state index is -0.142. The molecule has 0 atom stereocenters. The third-order valence-electron chi connectivity index (χ3n) is 1.81. The molecule has 0 saturated carbocycles. The molecule has 0 bridgehead atoms. The van der Waals surface area contributed by atoms with Gasteiger partial charge in [-0.25, -0.2) is 4.98 Å². The van der Waals surface area contributed by atoms with Gasteiger partial charge in [0.2, 0.25) is 5.56 Å². The summed E-state index contributed by atoms with van der Waals surface area (Å²) in [5.41, 5.74) is 1.30. The van der Waals surface area contributed by atoms with Crippen LogP contribution in [-0.4, -0.2) is 9.97 Å². The number of halogens is 1. The third-order valence-corrected chi connectivity index (χ3v) is 2.65. The van der Waals surface area contributed by atoms with Crippen molar-refractivity contribution in [3.05, 3.63) is 40.3 Å². The second-order valence-electron chi connectivity index (χ2n) is 2.79. The molecule has 0 spiro atoms. The number of nitrogens with one attached hydrogen (secondary N) is 1. The summed E-state index contributed by atoms with van der Waals surface area (Å²) in [6.07, 6.45) is 1.65. The third kappa shape index (κ3) is 2.52. The van der Waals surface area contributed by atoms with Crippen LogP contribution in [0.5, 0.6) is 0 Å². The smallest absolute Gasteiger partial charge is 0.249 e. The molecule has 5 heteroatoms. The van der Waals surface area contributed by atoms with Gasteiger partial charge in [0.25, 0.3) is 0 Å². The number of pyridine rings is 2. The molecule has 0 saturated heterocycles. The number of aromatic nitrogens is 2. The highest BCUT2D eigenvalue weighted by Crippen LogP contribution is 2.10. The van der Waals surface area contributed by atoms with E-state index in [9.17, 15) is 4.79 Å². The number of rotatable bonds is 0. The maximum atomic E-state index is 11.0. The van der Waals surface area contributed by atoms with Gasteiger partial charge in [0.05, 0.1) is 0 Å². The second kappa shape index (κ2) is 4.68. The SMILES string of the molecule is O=c1ccc2cc(C#CSI)cnc2[nH]1. The number of hydrogen-bond acceptors (Lipinski definition) is 3. The Bertz CT molecular complexity index is 612. The van der Waals surface area contributed by atoms with Crippen LogP contribution in [0, 0.1) is 11.2 Å². The van der Waals surface area contributed by atoms with Gasteiger partial charge in [0.15, 0.2) is 0 Å². The largest absolute Gasteiger partial charge is 0.307 e. The topological polar surface area (TPSA) is 45.8 Å². The number of aromatic amines is 1. The van der Waals surface area contributed by atoms with Crippen molar-refractivity contribution in [2.24, 2.45) is 0 Å². The highest BCUT2D eigenvalue weighted by molar-refractivity contribution is 14.2. The molecule has 74 valence electrons. The Morgan fingerprint density at radius 3 is 3.13 bits per heavy atom. The zero-order valence-corrected chi connectivity index (χ0v) is 10.4. The van der Waals surface area contributed by atoms with Crippen molar-refractivity contribution in [2.75, 3.05) is 0 Å². The maximum Gasteiger partial charge on any atom is 0.249 e. The molecule has 0 amide bonds. The van der Waals surface area contributed by atoms with Gasteiger partial charge in [-0.3, -0.25) is 4.79 Å². The lowest BCUT2D eigenvalue weighted by Crippen LogP contribution is -2.03. The Kier molecular flexibility index (Phi) is 3.28. The van der Waals surface area contributed by atoms with Crippen LogP contribution in [-0.2, 0) is 0 Å². The van der Waals surface area contributed by atoms with E-state index in [-0.39, 0.29) is 5.56 Å². The van der Waals surface area contributed by atoms with E-state index in [0.29, 0.717) is 5.65 Å². The van der Waals surface area contributed by atoms with E-state index >= 15 is 0 Å². The molecule has 0 aliphatic heterocycles. The summed E-state index contributed by atoms with van der Waals surface area (Å²) < 4.78 is 0. The Labute approximate surface area is 102 Å². The van der Waals surface area contributed by atoms with Crippen LogP contribution in [0.15, 0.2) is 29.2 Å². The summed E-state index contributed by atoms with van der Waals surface area (Å²) in [6, 6.07) is 5.12. The summed E-state index contributed by atoms with van der Waals surface area (Å²) in [6.45, 7) is 0. The standard InChI is InChI=1S/C10H5IN2OS/c11-15-4-3-7-5-8-1-2-9(14)13-10(8)12-6-7/h1-2,5-6H,(H,12,13,14). The van der Waals surface area contributed by atoms with Crippen LogP contribution in [0.25, 0.3) is 11.0 Å². The summed E-state index contributed by atoms with van der Waals surface area (Å²) in [5.74, 6) is 2.95. The first-order chi connectivity index (χ1) is 7.29. The number of H-pyrrole nitrogens is 1. The molecule has 2 heterocycles. The van der Waals surface area contributed by atoms with E-state index < -0.39 is 0 Å². The summed E-state index contributed by atoms with van der Waals surface area (Å²) in [7, 11) is 1.43.